The normalized spacial score (nSPS) is 10.7. The number of hydrogen-bond donors (Lipinski definition) is 1. The molecule has 0 aliphatic rings. The lowest BCUT2D eigenvalue weighted by atomic mass is 10.2. The highest BCUT2D eigenvalue weighted by Crippen LogP contribution is 2.23. The summed E-state index contributed by atoms with van der Waals surface area (Å²) in [4.78, 5) is 11.9. The first-order valence-corrected chi connectivity index (χ1v) is 9.07. The quantitative estimate of drug-likeness (QED) is 0.642. The number of aryl methyl sites for hydroxylation is 1. The van der Waals surface area contributed by atoms with Crippen molar-refractivity contribution in [2.24, 2.45) is 0 Å². The molecule has 0 aliphatic heterocycles. The predicted octanol–water partition coefficient (Wildman–Crippen LogP) is 5.02. The highest BCUT2D eigenvalue weighted by Gasteiger charge is 2.07. The summed E-state index contributed by atoms with van der Waals surface area (Å²) in [7, 11) is 0. The Morgan fingerprint density at radius 1 is 1.13 bits per heavy atom. The lowest BCUT2D eigenvalue weighted by Gasteiger charge is -2.03. The van der Waals surface area contributed by atoms with Gasteiger partial charge in [0, 0.05) is 16.5 Å². The molecule has 0 saturated carbocycles. The lowest BCUT2D eigenvalue weighted by Crippen LogP contribution is -2.22. The number of hydrogen-bond acceptors (Lipinski definition) is 3. The molecule has 0 saturated heterocycles. The van der Waals surface area contributed by atoms with Crippen LogP contribution in [-0.4, -0.2) is 5.91 Å². The number of thiophene rings is 1. The molecular formula is C18H16BrNO2S. The number of halogens is 1. The molecule has 0 fully saturated rings. The minimum absolute atomic E-state index is 0.0396. The number of benzene rings is 1. The van der Waals surface area contributed by atoms with Gasteiger partial charge >= 0.3 is 0 Å². The van der Waals surface area contributed by atoms with Gasteiger partial charge in [0.15, 0.2) is 0 Å². The third-order valence-corrected chi connectivity index (χ3v) is 4.73. The summed E-state index contributed by atoms with van der Waals surface area (Å²) in [5, 5.41) is 7.00. The first-order valence-electron chi connectivity index (χ1n) is 7.33. The summed E-state index contributed by atoms with van der Waals surface area (Å²) in [6.45, 7) is 0.416. The van der Waals surface area contributed by atoms with Gasteiger partial charge in [-0.1, -0.05) is 28.1 Å². The van der Waals surface area contributed by atoms with Crippen molar-refractivity contribution in [3.63, 3.8) is 0 Å². The van der Waals surface area contributed by atoms with Crippen LogP contribution in [0.4, 0.5) is 0 Å². The zero-order valence-corrected chi connectivity index (χ0v) is 14.8. The van der Waals surface area contributed by atoms with E-state index in [1.807, 2.05) is 41.8 Å². The molecule has 0 atom stereocenters. The molecule has 5 heteroatoms. The summed E-state index contributed by atoms with van der Waals surface area (Å²) < 4.78 is 6.82. The van der Waals surface area contributed by atoms with E-state index in [-0.39, 0.29) is 5.91 Å². The van der Waals surface area contributed by atoms with E-state index in [1.54, 1.807) is 11.3 Å². The Labute approximate surface area is 147 Å². The number of nitrogens with one attached hydrogen (secondary N) is 1. The van der Waals surface area contributed by atoms with Gasteiger partial charge in [-0.25, -0.2) is 0 Å². The van der Waals surface area contributed by atoms with Gasteiger partial charge in [-0.05, 0) is 53.1 Å². The van der Waals surface area contributed by atoms with Crippen LogP contribution in [0.1, 0.15) is 17.7 Å². The molecule has 3 rings (SSSR count). The van der Waals surface area contributed by atoms with E-state index in [1.165, 1.54) is 5.56 Å². The molecule has 0 radical (unpaired) electrons. The van der Waals surface area contributed by atoms with Crippen LogP contribution in [0.2, 0.25) is 0 Å². The number of amides is 1. The van der Waals surface area contributed by atoms with E-state index in [0.29, 0.717) is 13.0 Å². The molecule has 118 valence electrons. The van der Waals surface area contributed by atoms with E-state index < -0.39 is 0 Å². The van der Waals surface area contributed by atoms with Gasteiger partial charge in [0.1, 0.15) is 11.5 Å². The Kier molecular flexibility index (Phi) is 5.31. The van der Waals surface area contributed by atoms with Crippen LogP contribution in [-0.2, 0) is 17.8 Å². The second-order valence-corrected chi connectivity index (χ2v) is 6.88. The van der Waals surface area contributed by atoms with E-state index in [0.717, 1.165) is 28.0 Å². The molecule has 2 aromatic heterocycles. The van der Waals surface area contributed by atoms with E-state index in [9.17, 15) is 4.79 Å². The van der Waals surface area contributed by atoms with Crippen molar-refractivity contribution in [2.75, 3.05) is 0 Å². The van der Waals surface area contributed by atoms with Gasteiger partial charge in [-0.3, -0.25) is 4.79 Å². The van der Waals surface area contributed by atoms with Crippen molar-refractivity contribution in [2.45, 2.75) is 19.4 Å². The molecule has 0 aliphatic carbocycles. The second-order valence-electron chi connectivity index (χ2n) is 5.18. The van der Waals surface area contributed by atoms with Gasteiger partial charge in [0.25, 0.3) is 0 Å². The summed E-state index contributed by atoms with van der Waals surface area (Å²) in [6.07, 6.45) is 1.27. The van der Waals surface area contributed by atoms with Crippen LogP contribution in [0.25, 0.3) is 11.3 Å². The van der Waals surface area contributed by atoms with Crippen LogP contribution >= 0.6 is 27.3 Å². The van der Waals surface area contributed by atoms with Gasteiger partial charge < -0.3 is 9.73 Å². The zero-order valence-electron chi connectivity index (χ0n) is 12.4. The minimum Gasteiger partial charge on any atom is -0.459 e. The second kappa shape index (κ2) is 7.62. The molecule has 0 unspecified atom stereocenters. The van der Waals surface area contributed by atoms with Gasteiger partial charge in [-0.15, -0.1) is 0 Å². The topological polar surface area (TPSA) is 42.2 Å². The SMILES string of the molecule is O=C(CCc1ccsc1)NCc1ccc(-c2ccc(Br)cc2)o1. The monoisotopic (exact) mass is 389 g/mol. The maximum Gasteiger partial charge on any atom is 0.220 e. The van der Waals surface area contributed by atoms with Crippen LogP contribution < -0.4 is 5.32 Å². The molecule has 0 spiro atoms. The standard InChI is InChI=1S/C18H16BrNO2S/c19-15-4-2-14(3-5-15)17-7-6-16(22-17)11-20-18(21)8-1-13-9-10-23-12-13/h2-7,9-10,12H,1,8,11H2,(H,20,21). The fourth-order valence-corrected chi connectivity index (χ4v) is 3.18. The van der Waals surface area contributed by atoms with Crippen molar-refractivity contribution in [3.8, 4) is 11.3 Å². The molecule has 2 heterocycles. The molecule has 3 aromatic rings. The Balaban J connectivity index is 1.50. The van der Waals surface area contributed by atoms with Crippen molar-refractivity contribution < 1.29 is 9.21 Å². The molecule has 0 bridgehead atoms. The highest BCUT2D eigenvalue weighted by molar-refractivity contribution is 9.10. The predicted molar refractivity (Wildman–Crippen MR) is 96.3 cm³/mol. The van der Waals surface area contributed by atoms with E-state index in [2.05, 4.69) is 32.7 Å². The average molecular weight is 390 g/mol. The largest absolute Gasteiger partial charge is 0.459 e. The number of carbonyl (C=O) groups is 1. The average Bonchev–Trinajstić information content (AvgIpc) is 3.23. The minimum atomic E-state index is 0.0396. The van der Waals surface area contributed by atoms with E-state index in [4.69, 9.17) is 4.42 Å². The van der Waals surface area contributed by atoms with Gasteiger partial charge in [0.2, 0.25) is 5.91 Å². The van der Waals surface area contributed by atoms with Crippen molar-refractivity contribution in [1.29, 1.82) is 0 Å². The van der Waals surface area contributed by atoms with Crippen molar-refractivity contribution in [3.05, 3.63) is 69.0 Å². The molecule has 1 N–H and O–H groups in total. The van der Waals surface area contributed by atoms with Crippen LogP contribution in [0, 0.1) is 0 Å². The van der Waals surface area contributed by atoms with E-state index >= 15 is 0 Å². The molecule has 23 heavy (non-hydrogen) atoms. The third kappa shape index (κ3) is 4.56. The summed E-state index contributed by atoms with van der Waals surface area (Å²) in [5.41, 5.74) is 2.23. The first kappa shape index (κ1) is 16.0. The Hall–Kier alpha value is -1.85. The van der Waals surface area contributed by atoms with Crippen LogP contribution in [0.3, 0.4) is 0 Å². The lowest BCUT2D eigenvalue weighted by molar-refractivity contribution is -0.121. The molecule has 1 amide bonds. The summed E-state index contributed by atoms with van der Waals surface area (Å²) in [6, 6.07) is 13.8. The summed E-state index contributed by atoms with van der Waals surface area (Å²) >= 11 is 5.07. The fourth-order valence-electron chi connectivity index (χ4n) is 2.21. The highest BCUT2D eigenvalue weighted by atomic mass is 79.9. The smallest absolute Gasteiger partial charge is 0.220 e. The Bertz CT molecular complexity index is 763. The van der Waals surface area contributed by atoms with Gasteiger partial charge in [0.05, 0.1) is 6.54 Å². The fraction of sp³-hybridized carbons (Fsp3) is 0.167. The van der Waals surface area contributed by atoms with Crippen molar-refractivity contribution in [1.82, 2.24) is 5.32 Å². The Morgan fingerprint density at radius 3 is 2.70 bits per heavy atom. The maximum absolute atomic E-state index is 11.9. The first-order chi connectivity index (χ1) is 11.2. The van der Waals surface area contributed by atoms with Crippen LogP contribution in [0.15, 0.2) is 62.1 Å². The number of carbonyl (C=O) groups excluding carboxylic acids is 1. The molecule has 3 nitrogen and oxygen atoms in total. The van der Waals surface area contributed by atoms with Gasteiger partial charge in [-0.2, -0.15) is 11.3 Å². The van der Waals surface area contributed by atoms with Crippen molar-refractivity contribution >= 4 is 33.2 Å². The number of furan rings is 1. The number of rotatable bonds is 6. The Morgan fingerprint density at radius 2 is 1.96 bits per heavy atom. The van der Waals surface area contributed by atoms with Crippen LogP contribution in [0.5, 0.6) is 0 Å². The third-order valence-electron chi connectivity index (χ3n) is 3.47. The molecule has 1 aromatic carbocycles. The maximum atomic E-state index is 11.9. The zero-order chi connectivity index (χ0) is 16.1. The molecular weight excluding hydrogens is 374 g/mol. The summed E-state index contributed by atoms with van der Waals surface area (Å²) in [5.74, 6) is 1.60.